The number of aliphatic hydroxyl groups excluding tert-OH is 1. The van der Waals surface area contributed by atoms with Gasteiger partial charge >= 0.3 is 0 Å². The van der Waals surface area contributed by atoms with E-state index in [0.29, 0.717) is 13.0 Å². The molecule has 1 atom stereocenters. The highest BCUT2D eigenvalue weighted by molar-refractivity contribution is 5.91. The minimum Gasteiger partial charge on any atom is -0.396 e. The molecule has 1 heterocycles. The van der Waals surface area contributed by atoms with Gasteiger partial charge in [0.1, 0.15) is 0 Å². The summed E-state index contributed by atoms with van der Waals surface area (Å²) in [6.07, 6.45) is 1.60. The molecule has 1 unspecified atom stereocenters. The Hall–Kier alpha value is -1.36. The van der Waals surface area contributed by atoms with Crippen LogP contribution in [-0.2, 0) is 0 Å². The molecule has 1 aromatic rings. The average Bonchev–Trinajstić information content (AvgIpc) is 2.84. The molecule has 0 aliphatic heterocycles. The molecule has 1 amide bonds. The van der Waals surface area contributed by atoms with Crippen molar-refractivity contribution in [2.24, 2.45) is 5.41 Å². The van der Waals surface area contributed by atoms with Gasteiger partial charge in [-0.3, -0.25) is 4.79 Å². The second-order valence-electron chi connectivity index (χ2n) is 5.75. The Morgan fingerprint density at radius 1 is 1.58 bits per heavy atom. The van der Waals surface area contributed by atoms with Crippen molar-refractivity contribution in [3.05, 3.63) is 17.5 Å². The summed E-state index contributed by atoms with van der Waals surface area (Å²) in [5, 5.41) is 15.7. The number of nitrogens with zero attached hydrogens (tertiary/aromatic N) is 1. The number of carbonyl (C=O) groups excluding carboxylic acids is 1. The van der Waals surface area contributed by atoms with Gasteiger partial charge in [0.05, 0.1) is 5.69 Å². The second kappa shape index (κ2) is 6.70. The standard InChI is InChI=1S/C14H24N2O3/c1-5-10(2)11-8-12(19-16-11)13(18)15-9-14(3,4)6-7-17/h8,10,17H,5-7,9H2,1-4H3,(H,15,18). The summed E-state index contributed by atoms with van der Waals surface area (Å²) in [6, 6.07) is 1.70. The van der Waals surface area contributed by atoms with Gasteiger partial charge in [-0.1, -0.05) is 32.9 Å². The van der Waals surface area contributed by atoms with E-state index in [4.69, 9.17) is 9.63 Å². The van der Waals surface area contributed by atoms with Crippen molar-refractivity contribution in [2.75, 3.05) is 13.2 Å². The third kappa shape index (κ3) is 4.67. The zero-order valence-corrected chi connectivity index (χ0v) is 12.2. The number of nitrogens with one attached hydrogen (secondary N) is 1. The first-order chi connectivity index (χ1) is 8.89. The molecular formula is C14H24N2O3. The predicted octanol–water partition coefficient (Wildman–Crippen LogP) is 2.33. The molecule has 0 spiro atoms. The lowest BCUT2D eigenvalue weighted by atomic mass is 9.90. The first-order valence-electron chi connectivity index (χ1n) is 6.75. The highest BCUT2D eigenvalue weighted by atomic mass is 16.5. The van der Waals surface area contributed by atoms with Crippen molar-refractivity contribution < 1.29 is 14.4 Å². The van der Waals surface area contributed by atoms with Crippen LogP contribution in [0.25, 0.3) is 0 Å². The van der Waals surface area contributed by atoms with Crippen LogP contribution in [0.1, 0.15) is 62.7 Å². The summed E-state index contributed by atoms with van der Waals surface area (Å²) in [5.74, 6) is 0.277. The van der Waals surface area contributed by atoms with Crippen LogP contribution in [-0.4, -0.2) is 29.3 Å². The van der Waals surface area contributed by atoms with E-state index in [1.807, 2.05) is 20.8 Å². The number of carbonyl (C=O) groups is 1. The van der Waals surface area contributed by atoms with Crippen molar-refractivity contribution in [3.63, 3.8) is 0 Å². The van der Waals surface area contributed by atoms with E-state index in [0.717, 1.165) is 12.1 Å². The number of amides is 1. The van der Waals surface area contributed by atoms with Gasteiger partial charge < -0.3 is 14.9 Å². The lowest BCUT2D eigenvalue weighted by Gasteiger charge is -2.23. The molecule has 0 bridgehead atoms. The van der Waals surface area contributed by atoms with Crippen molar-refractivity contribution in [2.45, 2.75) is 46.5 Å². The molecular weight excluding hydrogens is 244 g/mol. The van der Waals surface area contributed by atoms with Crippen molar-refractivity contribution in [3.8, 4) is 0 Å². The largest absolute Gasteiger partial charge is 0.396 e. The topological polar surface area (TPSA) is 75.4 Å². The molecule has 0 saturated heterocycles. The Balaban J connectivity index is 2.57. The molecule has 5 nitrogen and oxygen atoms in total. The summed E-state index contributed by atoms with van der Waals surface area (Å²) in [6.45, 7) is 8.71. The number of hydrogen-bond acceptors (Lipinski definition) is 4. The zero-order chi connectivity index (χ0) is 14.5. The SMILES string of the molecule is CCC(C)c1cc(C(=O)NCC(C)(C)CCO)on1. The van der Waals surface area contributed by atoms with E-state index >= 15 is 0 Å². The molecule has 2 N–H and O–H groups in total. The fourth-order valence-corrected chi connectivity index (χ4v) is 1.63. The van der Waals surface area contributed by atoms with E-state index in [-0.39, 0.29) is 29.6 Å². The molecule has 1 rings (SSSR count). The first-order valence-corrected chi connectivity index (χ1v) is 6.75. The van der Waals surface area contributed by atoms with Gasteiger partial charge in [-0.15, -0.1) is 0 Å². The predicted molar refractivity (Wildman–Crippen MR) is 73.0 cm³/mol. The minimum absolute atomic E-state index is 0.114. The Labute approximate surface area is 114 Å². The van der Waals surface area contributed by atoms with Gasteiger partial charge in [0.25, 0.3) is 5.91 Å². The van der Waals surface area contributed by atoms with Gasteiger partial charge in [0.2, 0.25) is 5.76 Å². The van der Waals surface area contributed by atoms with Crippen LogP contribution in [0.5, 0.6) is 0 Å². The maximum atomic E-state index is 11.9. The van der Waals surface area contributed by atoms with E-state index in [1.165, 1.54) is 0 Å². The molecule has 0 aliphatic carbocycles. The van der Waals surface area contributed by atoms with Crippen molar-refractivity contribution in [1.29, 1.82) is 0 Å². The third-order valence-electron chi connectivity index (χ3n) is 3.39. The highest BCUT2D eigenvalue weighted by Gasteiger charge is 2.21. The van der Waals surface area contributed by atoms with Crippen LogP contribution in [0.3, 0.4) is 0 Å². The molecule has 5 heteroatoms. The normalized spacial score (nSPS) is 13.3. The second-order valence-corrected chi connectivity index (χ2v) is 5.75. The van der Waals surface area contributed by atoms with Crippen molar-refractivity contribution in [1.82, 2.24) is 10.5 Å². The van der Waals surface area contributed by atoms with Crippen LogP contribution in [0.2, 0.25) is 0 Å². The molecule has 0 aromatic carbocycles. The quantitative estimate of drug-likeness (QED) is 0.795. The third-order valence-corrected chi connectivity index (χ3v) is 3.39. The van der Waals surface area contributed by atoms with Crippen LogP contribution < -0.4 is 5.32 Å². The number of hydrogen-bond donors (Lipinski definition) is 2. The monoisotopic (exact) mass is 268 g/mol. The Morgan fingerprint density at radius 2 is 2.26 bits per heavy atom. The van der Waals surface area contributed by atoms with Crippen LogP contribution in [0.4, 0.5) is 0 Å². The van der Waals surface area contributed by atoms with Gasteiger partial charge in [0.15, 0.2) is 0 Å². The average molecular weight is 268 g/mol. The van der Waals surface area contributed by atoms with Gasteiger partial charge in [-0.25, -0.2) is 0 Å². The molecule has 0 saturated carbocycles. The number of rotatable bonds is 7. The van der Waals surface area contributed by atoms with E-state index in [1.54, 1.807) is 6.07 Å². The summed E-state index contributed by atoms with van der Waals surface area (Å²) in [5.41, 5.74) is 0.673. The summed E-state index contributed by atoms with van der Waals surface area (Å²) in [7, 11) is 0. The highest BCUT2D eigenvalue weighted by Crippen LogP contribution is 2.20. The Morgan fingerprint density at radius 3 is 2.84 bits per heavy atom. The minimum atomic E-state index is -0.256. The smallest absolute Gasteiger partial charge is 0.289 e. The van der Waals surface area contributed by atoms with E-state index in [9.17, 15) is 4.79 Å². The van der Waals surface area contributed by atoms with Gasteiger partial charge in [0, 0.05) is 25.1 Å². The fourth-order valence-electron chi connectivity index (χ4n) is 1.63. The molecule has 0 radical (unpaired) electrons. The first kappa shape index (κ1) is 15.7. The zero-order valence-electron chi connectivity index (χ0n) is 12.2. The Bertz CT molecular complexity index is 413. The molecule has 1 aromatic heterocycles. The number of aromatic nitrogens is 1. The maximum absolute atomic E-state index is 11.9. The van der Waals surface area contributed by atoms with Crippen LogP contribution in [0.15, 0.2) is 10.6 Å². The summed E-state index contributed by atoms with van der Waals surface area (Å²) < 4.78 is 5.06. The van der Waals surface area contributed by atoms with Gasteiger partial charge in [-0.2, -0.15) is 0 Å². The molecule has 0 aliphatic rings. The lowest BCUT2D eigenvalue weighted by molar-refractivity contribution is 0.0891. The number of aliphatic hydroxyl groups is 1. The van der Waals surface area contributed by atoms with Crippen LogP contribution in [0, 0.1) is 5.41 Å². The summed E-state index contributed by atoms with van der Waals surface area (Å²) in [4.78, 5) is 11.9. The Kier molecular flexibility index (Phi) is 5.54. The maximum Gasteiger partial charge on any atom is 0.289 e. The van der Waals surface area contributed by atoms with E-state index in [2.05, 4.69) is 17.4 Å². The van der Waals surface area contributed by atoms with E-state index < -0.39 is 0 Å². The summed E-state index contributed by atoms with van der Waals surface area (Å²) >= 11 is 0. The molecule has 108 valence electrons. The van der Waals surface area contributed by atoms with Gasteiger partial charge in [-0.05, 0) is 18.3 Å². The van der Waals surface area contributed by atoms with Crippen molar-refractivity contribution >= 4 is 5.91 Å². The molecule has 19 heavy (non-hydrogen) atoms. The molecule has 0 fully saturated rings. The lowest BCUT2D eigenvalue weighted by Crippen LogP contribution is -2.34. The fraction of sp³-hybridized carbons (Fsp3) is 0.714. The van der Waals surface area contributed by atoms with Crippen LogP contribution >= 0.6 is 0 Å².